The van der Waals surface area contributed by atoms with E-state index in [4.69, 9.17) is 19.1 Å². The zero-order valence-corrected chi connectivity index (χ0v) is 20.7. The zero-order valence-electron chi connectivity index (χ0n) is 23.7. The summed E-state index contributed by atoms with van der Waals surface area (Å²) in [5.74, 6) is 6.96. The molecule has 1 saturated heterocycles. The summed E-state index contributed by atoms with van der Waals surface area (Å²) in [6, 6.07) is 10.4. The second kappa shape index (κ2) is 7.99. The Morgan fingerprint density at radius 3 is 2.78 bits per heavy atom. The molecule has 0 saturated carbocycles. The average molecular weight is 492 g/mol. The number of amides is 1. The van der Waals surface area contributed by atoms with Crippen LogP contribution in [-0.2, 0) is 5.54 Å². The van der Waals surface area contributed by atoms with E-state index in [-0.39, 0.29) is 11.6 Å². The highest BCUT2D eigenvalue weighted by Gasteiger charge is 2.44. The van der Waals surface area contributed by atoms with Crippen LogP contribution in [0.4, 0.5) is 0 Å². The quantitative estimate of drug-likeness (QED) is 0.416. The van der Waals surface area contributed by atoms with Crippen molar-refractivity contribution in [2.75, 3.05) is 13.5 Å². The summed E-state index contributed by atoms with van der Waals surface area (Å²) in [7, 11) is 0. The lowest BCUT2D eigenvalue weighted by atomic mass is 9.93. The summed E-state index contributed by atoms with van der Waals surface area (Å²) in [6.07, 6.45) is 6.25. The van der Waals surface area contributed by atoms with Gasteiger partial charge in [-0.05, 0) is 63.1 Å². The molecule has 7 nitrogen and oxygen atoms in total. The number of hydrogen-bond acceptors (Lipinski definition) is 5. The van der Waals surface area contributed by atoms with E-state index in [0.717, 1.165) is 63.4 Å². The Bertz CT molecular complexity index is 1740. The standard InChI is InChI=1S/C30H28N6O/c1-4-7-18-8-5-9-21-26(18)24-15-25(35(3)28(21)37)27-34-22-11-10-19(14-23(22)36(24)27)20-16-31-29(32-17-20)30(2)12-6-13-33-30/h5,8-11,14,16-17,24-25,33H,6,12-13,15H2,1-3H3/t24-,25-,30?/m1/s1/i3D3. The van der Waals surface area contributed by atoms with E-state index in [1.54, 1.807) is 19.1 Å². The molecule has 0 aliphatic carbocycles. The second-order valence-corrected chi connectivity index (χ2v) is 10.3. The molecule has 3 aliphatic rings. The van der Waals surface area contributed by atoms with Crippen molar-refractivity contribution >= 4 is 16.9 Å². The molecule has 1 fully saturated rings. The fourth-order valence-corrected chi connectivity index (χ4v) is 6.22. The van der Waals surface area contributed by atoms with Crippen molar-refractivity contribution in [1.29, 1.82) is 0 Å². The molecule has 1 unspecified atom stereocenters. The number of hydrogen-bond donors (Lipinski definition) is 1. The molecule has 37 heavy (non-hydrogen) atoms. The van der Waals surface area contributed by atoms with Crippen LogP contribution in [-0.4, -0.2) is 43.8 Å². The van der Waals surface area contributed by atoms with Gasteiger partial charge in [-0.25, -0.2) is 15.0 Å². The molecule has 0 radical (unpaired) electrons. The lowest BCUT2D eigenvalue weighted by molar-refractivity contribution is 0.0734. The molecule has 2 aromatic carbocycles. The Balaban J connectivity index is 1.40. The van der Waals surface area contributed by atoms with Gasteiger partial charge in [0, 0.05) is 52.2 Å². The second-order valence-electron chi connectivity index (χ2n) is 10.3. The van der Waals surface area contributed by atoms with Crippen LogP contribution in [0.5, 0.6) is 0 Å². The molecular weight excluding hydrogens is 460 g/mol. The lowest BCUT2D eigenvalue weighted by Crippen LogP contribution is -2.35. The van der Waals surface area contributed by atoms with E-state index in [2.05, 4.69) is 34.7 Å². The molecule has 3 aliphatic heterocycles. The normalized spacial score (nSPS) is 25.5. The van der Waals surface area contributed by atoms with Gasteiger partial charge in [0.2, 0.25) is 0 Å². The number of carbonyl (C=O) groups is 1. The van der Waals surface area contributed by atoms with Crippen LogP contribution in [0.2, 0.25) is 0 Å². The molecule has 0 spiro atoms. The van der Waals surface area contributed by atoms with E-state index in [9.17, 15) is 4.79 Å². The Labute approximate surface area is 220 Å². The molecule has 7 rings (SSSR count). The number of nitrogens with one attached hydrogen (secondary N) is 1. The van der Waals surface area contributed by atoms with Crippen LogP contribution < -0.4 is 5.32 Å². The highest BCUT2D eigenvalue weighted by molar-refractivity contribution is 5.98. The lowest BCUT2D eigenvalue weighted by Gasteiger charge is -2.24. The van der Waals surface area contributed by atoms with Crippen molar-refractivity contribution in [3.8, 4) is 23.0 Å². The van der Waals surface area contributed by atoms with Crippen LogP contribution in [0, 0.1) is 11.8 Å². The maximum absolute atomic E-state index is 13.7. The zero-order chi connectivity index (χ0) is 27.8. The van der Waals surface area contributed by atoms with Crippen molar-refractivity contribution in [2.24, 2.45) is 0 Å². The van der Waals surface area contributed by atoms with Crippen molar-refractivity contribution < 1.29 is 8.91 Å². The third kappa shape index (κ3) is 3.19. The van der Waals surface area contributed by atoms with Gasteiger partial charge in [0.25, 0.3) is 5.91 Å². The molecule has 3 atom stereocenters. The minimum Gasteiger partial charge on any atom is -0.331 e. The van der Waals surface area contributed by atoms with Crippen LogP contribution in [0.1, 0.15) is 82.4 Å². The molecule has 2 bridgehead atoms. The first-order chi connectivity index (χ1) is 19.2. The number of carbonyl (C=O) groups excluding carboxylic acids is 1. The van der Waals surface area contributed by atoms with Crippen molar-refractivity contribution in [1.82, 2.24) is 29.7 Å². The van der Waals surface area contributed by atoms with Crippen molar-refractivity contribution in [3.63, 3.8) is 0 Å². The van der Waals surface area contributed by atoms with Crippen LogP contribution in [0.15, 0.2) is 48.8 Å². The number of nitrogens with zero attached hydrogens (tertiary/aromatic N) is 5. The molecule has 4 aromatic rings. The predicted octanol–water partition coefficient (Wildman–Crippen LogP) is 4.58. The predicted molar refractivity (Wildman–Crippen MR) is 142 cm³/mol. The molecule has 2 aromatic heterocycles. The molecular formula is C30H28N6O. The summed E-state index contributed by atoms with van der Waals surface area (Å²) in [5.41, 5.74) is 5.11. The summed E-state index contributed by atoms with van der Waals surface area (Å²) in [6.45, 7) is 2.24. The van der Waals surface area contributed by atoms with Crippen LogP contribution in [0.3, 0.4) is 0 Å². The number of fused-ring (bicyclic) bond motifs is 9. The topological polar surface area (TPSA) is 75.9 Å². The van der Waals surface area contributed by atoms with Gasteiger partial charge in [-0.3, -0.25) is 4.79 Å². The monoisotopic (exact) mass is 491 g/mol. The average Bonchev–Trinajstić information content (AvgIpc) is 3.61. The molecule has 7 heteroatoms. The van der Waals surface area contributed by atoms with E-state index < -0.39 is 18.9 Å². The molecule has 5 heterocycles. The summed E-state index contributed by atoms with van der Waals surface area (Å²) >= 11 is 0. The third-order valence-electron chi connectivity index (χ3n) is 8.08. The van der Waals surface area contributed by atoms with Gasteiger partial charge in [0.15, 0.2) is 0 Å². The first kappa shape index (κ1) is 19.1. The van der Waals surface area contributed by atoms with Crippen molar-refractivity contribution in [2.45, 2.75) is 50.7 Å². The van der Waals surface area contributed by atoms with Gasteiger partial charge < -0.3 is 14.8 Å². The van der Waals surface area contributed by atoms with E-state index in [1.165, 1.54) is 0 Å². The first-order valence-corrected chi connectivity index (χ1v) is 12.7. The SMILES string of the molecule is [2H]C([2H])([2H])N1C(=O)c2cccc(C#CC)c2[C@H]2C[C@@H]1c1nc3ccc(-c4cnc(C5(C)CCCN5)nc4)cc3n12. The number of aromatic nitrogens is 4. The van der Waals surface area contributed by atoms with E-state index >= 15 is 0 Å². The van der Waals surface area contributed by atoms with Gasteiger partial charge in [0.05, 0.1) is 28.7 Å². The minimum atomic E-state index is -2.62. The van der Waals surface area contributed by atoms with E-state index in [0.29, 0.717) is 17.8 Å². The van der Waals surface area contributed by atoms with Gasteiger partial charge in [0.1, 0.15) is 11.6 Å². The van der Waals surface area contributed by atoms with E-state index in [1.807, 2.05) is 30.6 Å². The van der Waals surface area contributed by atoms with Crippen LogP contribution in [0.25, 0.3) is 22.2 Å². The molecule has 1 amide bonds. The van der Waals surface area contributed by atoms with Crippen LogP contribution >= 0.6 is 0 Å². The summed E-state index contributed by atoms with van der Waals surface area (Å²) < 4.78 is 26.9. The Kier molecular flexibility index (Phi) is 4.13. The smallest absolute Gasteiger partial charge is 0.254 e. The minimum absolute atomic E-state index is 0.205. The Morgan fingerprint density at radius 1 is 1.16 bits per heavy atom. The van der Waals surface area contributed by atoms with Gasteiger partial charge in [-0.15, -0.1) is 5.92 Å². The molecule has 184 valence electrons. The maximum atomic E-state index is 13.7. The summed E-state index contributed by atoms with van der Waals surface area (Å²) in [5, 5.41) is 3.51. The highest BCUT2D eigenvalue weighted by atomic mass is 16.2. The maximum Gasteiger partial charge on any atom is 0.254 e. The fourth-order valence-electron chi connectivity index (χ4n) is 6.22. The van der Waals surface area contributed by atoms with Gasteiger partial charge >= 0.3 is 0 Å². The number of benzene rings is 2. The highest BCUT2D eigenvalue weighted by Crippen LogP contribution is 2.48. The first-order valence-electron chi connectivity index (χ1n) is 14.2. The number of rotatable bonds is 2. The number of imidazole rings is 1. The van der Waals surface area contributed by atoms with Gasteiger partial charge in [-0.1, -0.05) is 18.1 Å². The Hall–Kier alpha value is -4.02. The Morgan fingerprint density at radius 2 is 2.03 bits per heavy atom. The molecule has 1 N–H and O–H groups in total. The fraction of sp³-hybridized carbons (Fsp3) is 0.333. The largest absolute Gasteiger partial charge is 0.331 e. The summed E-state index contributed by atoms with van der Waals surface area (Å²) in [4.78, 5) is 29.0. The third-order valence-corrected chi connectivity index (χ3v) is 8.08. The van der Waals surface area contributed by atoms with Crippen molar-refractivity contribution in [3.05, 3.63) is 77.1 Å². The van der Waals surface area contributed by atoms with Gasteiger partial charge in [-0.2, -0.15) is 0 Å².